The molecule has 3 rings (SSSR count). The lowest BCUT2D eigenvalue weighted by molar-refractivity contribution is -0.133. The third-order valence-electron chi connectivity index (χ3n) is 4.31. The molecule has 0 aromatic heterocycles. The molecule has 1 N–H and O–H groups in total. The van der Waals surface area contributed by atoms with Crippen molar-refractivity contribution in [3.8, 4) is 0 Å². The minimum absolute atomic E-state index is 0.0770. The van der Waals surface area contributed by atoms with Crippen molar-refractivity contribution in [2.24, 2.45) is 5.92 Å². The Morgan fingerprint density at radius 1 is 1.05 bits per heavy atom. The van der Waals surface area contributed by atoms with Gasteiger partial charge in [-0.1, -0.05) is 30.3 Å². The number of amides is 2. The number of hydrogen-bond donors (Lipinski definition) is 1. The first-order valence-corrected chi connectivity index (χ1v) is 7.84. The molecule has 21 heavy (non-hydrogen) atoms. The van der Waals surface area contributed by atoms with Crippen LogP contribution in [0.3, 0.4) is 0 Å². The van der Waals surface area contributed by atoms with Crippen molar-refractivity contribution in [1.29, 1.82) is 0 Å². The molecule has 2 amide bonds. The van der Waals surface area contributed by atoms with Crippen molar-refractivity contribution < 1.29 is 9.59 Å². The zero-order chi connectivity index (χ0) is 14.7. The van der Waals surface area contributed by atoms with Crippen molar-refractivity contribution in [3.63, 3.8) is 0 Å². The van der Waals surface area contributed by atoms with Gasteiger partial charge in [-0.05, 0) is 31.2 Å². The van der Waals surface area contributed by atoms with Crippen LogP contribution in [0.2, 0.25) is 0 Å². The number of benzene rings is 1. The standard InChI is InChI=1S/C17H22N2O2/c20-16(12-13-4-2-1-3-5-13)18-15-8-10-19(11-9-15)17(21)14-6-7-14/h1-5,14-15H,6-12H2,(H,18,20). The first-order chi connectivity index (χ1) is 10.2. The highest BCUT2D eigenvalue weighted by Gasteiger charge is 2.34. The minimum Gasteiger partial charge on any atom is -0.353 e. The van der Waals surface area contributed by atoms with Crippen LogP contribution >= 0.6 is 0 Å². The largest absolute Gasteiger partial charge is 0.353 e. The normalized spacial score (nSPS) is 19.3. The van der Waals surface area contributed by atoms with Crippen molar-refractivity contribution in [3.05, 3.63) is 35.9 Å². The van der Waals surface area contributed by atoms with Gasteiger partial charge < -0.3 is 10.2 Å². The van der Waals surface area contributed by atoms with Crippen LogP contribution in [0.5, 0.6) is 0 Å². The number of piperidine rings is 1. The average molecular weight is 286 g/mol. The third-order valence-corrected chi connectivity index (χ3v) is 4.31. The molecule has 1 aliphatic heterocycles. The van der Waals surface area contributed by atoms with E-state index in [0.29, 0.717) is 18.2 Å². The molecule has 112 valence electrons. The summed E-state index contributed by atoms with van der Waals surface area (Å²) < 4.78 is 0. The summed E-state index contributed by atoms with van der Waals surface area (Å²) in [5, 5.41) is 3.09. The number of carbonyl (C=O) groups excluding carboxylic acids is 2. The number of likely N-dealkylation sites (tertiary alicyclic amines) is 1. The second kappa shape index (κ2) is 6.29. The molecule has 0 spiro atoms. The molecular weight excluding hydrogens is 264 g/mol. The molecule has 1 heterocycles. The van der Waals surface area contributed by atoms with E-state index >= 15 is 0 Å². The fourth-order valence-electron chi connectivity index (χ4n) is 2.89. The SMILES string of the molecule is O=C(Cc1ccccc1)NC1CCN(C(=O)C2CC2)CC1. The summed E-state index contributed by atoms with van der Waals surface area (Å²) >= 11 is 0. The van der Waals surface area contributed by atoms with Gasteiger partial charge in [0, 0.05) is 25.0 Å². The maximum atomic E-state index is 12.0. The number of hydrogen-bond acceptors (Lipinski definition) is 2. The molecular formula is C17H22N2O2. The van der Waals surface area contributed by atoms with Crippen LogP contribution in [0, 0.1) is 5.92 Å². The molecule has 1 aromatic rings. The maximum absolute atomic E-state index is 12.0. The van der Waals surface area contributed by atoms with Crippen molar-refractivity contribution in [2.45, 2.75) is 38.1 Å². The van der Waals surface area contributed by atoms with Gasteiger partial charge in [0.1, 0.15) is 0 Å². The molecule has 2 fully saturated rings. The van der Waals surface area contributed by atoms with Gasteiger partial charge in [-0.3, -0.25) is 9.59 Å². The van der Waals surface area contributed by atoms with E-state index in [-0.39, 0.29) is 11.9 Å². The molecule has 1 aromatic carbocycles. The van der Waals surface area contributed by atoms with E-state index in [9.17, 15) is 9.59 Å². The van der Waals surface area contributed by atoms with Gasteiger partial charge in [-0.2, -0.15) is 0 Å². The van der Waals surface area contributed by atoms with E-state index in [2.05, 4.69) is 5.32 Å². The van der Waals surface area contributed by atoms with Gasteiger partial charge in [-0.15, -0.1) is 0 Å². The predicted octanol–water partition coefficient (Wildman–Crippen LogP) is 1.75. The topological polar surface area (TPSA) is 49.4 Å². The fourth-order valence-corrected chi connectivity index (χ4v) is 2.89. The Balaban J connectivity index is 1.42. The van der Waals surface area contributed by atoms with Gasteiger partial charge >= 0.3 is 0 Å². The smallest absolute Gasteiger partial charge is 0.225 e. The molecule has 0 radical (unpaired) electrons. The molecule has 0 bridgehead atoms. The number of rotatable bonds is 4. The van der Waals surface area contributed by atoms with Crippen LogP contribution in [0.25, 0.3) is 0 Å². The summed E-state index contributed by atoms with van der Waals surface area (Å²) in [7, 11) is 0. The highest BCUT2D eigenvalue weighted by molar-refractivity contribution is 5.81. The van der Waals surface area contributed by atoms with Crippen molar-refractivity contribution in [1.82, 2.24) is 10.2 Å². The Hall–Kier alpha value is -1.84. The number of carbonyl (C=O) groups is 2. The van der Waals surface area contributed by atoms with E-state index in [0.717, 1.165) is 44.3 Å². The zero-order valence-electron chi connectivity index (χ0n) is 12.3. The molecule has 4 nitrogen and oxygen atoms in total. The van der Waals surface area contributed by atoms with Gasteiger partial charge in [0.15, 0.2) is 0 Å². The first kappa shape index (κ1) is 14.1. The summed E-state index contributed by atoms with van der Waals surface area (Å²) in [5.41, 5.74) is 1.04. The highest BCUT2D eigenvalue weighted by Crippen LogP contribution is 2.31. The summed E-state index contributed by atoms with van der Waals surface area (Å²) in [6.07, 6.45) is 4.30. The van der Waals surface area contributed by atoms with E-state index in [1.54, 1.807) is 0 Å². The molecule has 4 heteroatoms. The monoisotopic (exact) mass is 286 g/mol. The first-order valence-electron chi connectivity index (χ1n) is 7.84. The van der Waals surface area contributed by atoms with E-state index in [4.69, 9.17) is 0 Å². The lowest BCUT2D eigenvalue weighted by Gasteiger charge is -2.32. The summed E-state index contributed by atoms with van der Waals surface area (Å²) in [4.78, 5) is 26.0. The van der Waals surface area contributed by atoms with Gasteiger partial charge in [-0.25, -0.2) is 0 Å². The Bertz CT molecular complexity index is 503. The minimum atomic E-state index is 0.0770. The third kappa shape index (κ3) is 3.84. The highest BCUT2D eigenvalue weighted by atomic mass is 16.2. The number of nitrogens with zero attached hydrogens (tertiary/aromatic N) is 1. The van der Waals surface area contributed by atoms with Gasteiger partial charge in [0.05, 0.1) is 6.42 Å². The van der Waals surface area contributed by atoms with E-state index in [1.165, 1.54) is 0 Å². The molecule has 0 unspecified atom stereocenters. The van der Waals surface area contributed by atoms with Crippen molar-refractivity contribution in [2.75, 3.05) is 13.1 Å². The predicted molar refractivity (Wildman–Crippen MR) is 80.6 cm³/mol. The maximum Gasteiger partial charge on any atom is 0.225 e. The number of nitrogens with one attached hydrogen (secondary N) is 1. The van der Waals surface area contributed by atoms with Gasteiger partial charge in [0.2, 0.25) is 11.8 Å². The van der Waals surface area contributed by atoms with Crippen LogP contribution in [-0.4, -0.2) is 35.8 Å². The van der Waals surface area contributed by atoms with Crippen LogP contribution in [0.15, 0.2) is 30.3 Å². The second-order valence-electron chi connectivity index (χ2n) is 6.10. The molecule has 1 aliphatic carbocycles. The van der Waals surface area contributed by atoms with Crippen LogP contribution < -0.4 is 5.32 Å². The molecule has 1 saturated carbocycles. The summed E-state index contributed by atoms with van der Waals surface area (Å²) in [5.74, 6) is 0.700. The summed E-state index contributed by atoms with van der Waals surface area (Å²) in [6.45, 7) is 1.57. The van der Waals surface area contributed by atoms with Crippen molar-refractivity contribution >= 4 is 11.8 Å². The Morgan fingerprint density at radius 2 is 1.71 bits per heavy atom. The van der Waals surface area contributed by atoms with Gasteiger partial charge in [0.25, 0.3) is 0 Å². The lowest BCUT2D eigenvalue weighted by Crippen LogP contribution is -2.47. The lowest BCUT2D eigenvalue weighted by atomic mass is 10.0. The Labute approximate surface area is 125 Å². The van der Waals surface area contributed by atoms with Crippen LogP contribution in [0.4, 0.5) is 0 Å². The second-order valence-corrected chi connectivity index (χ2v) is 6.10. The Kier molecular flexibility index (Phi) is 4.23. The van der Waals surface area contributed by atoms with Crippen LogP contribution in [0.1, 0.15) is 31.2 Å². The Morgan fingerprint density at radius 3 is 2.33 bits per heavy atom. The zero-order valence-corrected chi connectivity index (χ0v) is 12.3. The fraction of sp³-hybridized carbons (Fsp3) is 0.529. The summed E-state index contributed by atoms with van der Waals surface area (Å²) in [6, 6.07) is 10.0. The molecule has 2 aliphatic rings. The van der Waals surface area contributed by atoms with E-state index < -0.39 is 0 Å². The molecule has 1 saturated heterocycles. The van der Waals surface area contributed by atoms with Crippen LogP contribution in [-0.2, 0) is 16.0 Å². The quantitative estimate of drug-likeness (QED) is 0.916. The van der Waals surface area contributed by atoms with E-state index in [1.807, 2.05) is 35.2 Å². The average Bonchev–Trinajstić information content (AvgIpc) is 3.33. The molecule has 0 atom stereocenters.